The number of terminal acetylenes is 1. The Morgan fingerprint density at radius 1 is 1.20 bits per heavy atom. The number of anilines is 1. The van der Waals surface area contributed by atoms with Gasteiger partial charge in [-0.3, -0.25) is 19.3 Å². The third-order valence-corrected chi connectivity index (χ3v) is 10.3. The second-order valence-corrected chi connectivity index (χ2v) is 14.2. The molecule has 0 saturated carbocycles. The van der Waals surface area contributed by atoms with E-state index in [1.54, 1.807) is 22.2 Å². The van der Waals surface area contributed by atoms with E-state index in [1.165, 1.54) is 11.9 Å². The van der Waals surface area contributed by atoms with Gasteiger partial charge >= 0.3 is 6.09 Å². The van der Waals surface area contributed by atoms with Crippen molar-refractivity contribution >= 4 is 58.2 Å². The summed E-state index contributed by atoms with van der Waals surface area (Å²) in [6.45, 7) is 4.67. The van der Waals surface area contributed by atoms with E-state index in [1.807, 2.05) is 31.2 Å². The molecular weight excluding hydrogens is 678 g/mol. The fourth-order valence-electron chi connectivity index (χ4n) is 6.59. The first kappa shape index (κ1) is 37.4. The number of hydrogen-bond donors (Lipinski definition) is 3. The molecule has 2 aliphatic rings. The fourth-order valence-corrected chi connectivity index (χ4v) is 7.55. The standard InChI is InChI=1S/C36H46ClN7O5S/c1-3-4-5-6-15-39-33(46)12-21-50-40-23-26(2)49-35(48)42-18-13-36(14-19-42)28-11-16-38-24-31(28)44(34(36)47)25-32-41-29-22-27(37)9-10-30(29)43(32)17-7-8-20-45/h1,9-11,16,22,24,26,40,45H,4-8,12-15,17-21,23,25H2,2H3,(H,39,46). The van der Waals surface area contributed by atoms with Crippen molar-refractivity contribution in [2.45, 2.75) is 82.9 Å². The van der Waals surface area contributed by atoms with E-state index in [0.29, 0.717) is 69.2 Å². The lowest BCUT2D eigenvalue weighted by molar-refractivity contribution is -0.125. The van der Waals surface area contributed by atoms with Gasteiger partial charge in [-0.15, -0.1) is 12.3 Å². The van der Waals surface area contributed by atoms with Gasteiger partial charge in [-0.25, -0.2) is 9.78 Å². The number of carbonyl (C=O) groups is 3. The van der Waals surface area contributed by atoms with Crippen molar-refractivity contribution in [1.29, 1.82) is 0 Å². The van der Waals surface area contributed by atoms with Gasteiger partial charge in [0.05, 0.1) is 34.9 Å². The second-order valence-electron chi connectivity index (χ2n) is 12.7. The average molecular weight is 724 g/mol. The van der Waals surface area contributed by atoms with Gasteiger partial charge in [-0.1, -0.05) is 23.5 Å². The lowest BCUT2D eigenvalue weighted by atomic mass is 9.74. The SMILES string of the molecule is C#CCCCCNC(=O)CCSNCC(C)OC(=O)N1CCC2(CC1)C(=O)N(Cc1nc3cc(Cl)ccc3n1CCCCO)c1cnccc12. The van der Waals surface area contributed by atoms with Crippen LogP contribution < -0.4 is 14.9 Å². The Labute approximate surface area is 302 Å². The molecule has 5 rings (SSSR count). The summed E-state index contributed by atoms with van der Waals surface area (Å²) in [5.41, 5.74) is 2.59. The summed E-state index contributed by atoms with van der Waals surface area (Å²) < 4.78 is 11.0. The predicted octanol–water partition coefficient (Wildman–Crippen LogP) is 4.81. The zero-order valence-electron chi connectivity index (χ0n) is 28.5. The first-order chi connectivity index (χ1) is 24.3. The number of aliphatic hydroxyl groups is 1. The molecule has 1 saturated heterocycles. The summed E-state index contributed by atoms with van der Waals surface area (Å²) in [5, 5.41) is 12.9. The molecule has 0 aliphatic carbocycles. The maximum absolute atomic E-state index is 14.4. The molecule has 4 heterocycles. The van der Waals surface area contributed by atoms with Crippen LogP contribution in [0.4, 0.5) is 10.5 Å². The number of benzene rings is 1. The second kappa shape index (κ2) is 17.9. The molecule has 3 amide bonds. The number of piperidine rings is 1. The summed E-state index contributed by atoms with van der Waals surface area (Å²) in [6, 6.07) is 7.51. The monoisotopic (exact) mass is 723 g/mol. The summed E-state index contributed by atoms with van der Waals surface area (Å²) in [5.74, 6) is 3.91. The molecule has 1 fully saturated rings. The highest BCUT2D eigenvalue weighted by Crippen LogP contribution is 2.48. The van der Waals surface area contributed by atoms with Crippen LogP contribution in [-0.2, 0) is 32.8 Å². The van der Waals surface area contributed by atoms with Crippen molar-refractivity contribution < 1.29 is 24.2 Å². The smallest absolute Gasteiger partial charge is 0.410 e. The van der Waals surface area contributed by atoms with E-state index in [0.717, 1.165) is 53.8 Å². The number of carbonyl (C=O) groups excluding carboxylic acids is 3. The number of amides is 3. The molecule has 1 atom stereocenters. The van der Waals surface area contributed by atoms with E-state index in [9.17, 15) is 19.5 Å². The highest BCUT2D eigenvalue weighted by molar-refractivity contribution is 7.97. The van der Waals surface area contributed by atoms with E-state index in [4.69, 9.17) is 27.7 Å². The lowest BCUT2D eigenvalue weighted by Gasteiger charge is -2.38. The van der Waals surface area contributed by atoms with Gasteiger partial charge in [0, 0.05) is 69.1 Å². The largest absolute Gasteiger partial charge is 0.445 e. The van der Waals surface area contributed by atoms with Crippen LogP contribution in [0.5, 0.6) is 0 Å². The molecule has 14 heteroatoms. The summed E-state index contributed by atoms with van der Waals surface area (Å²) in [4.78, 5) is 52.1. The van der Waals surface area contributed by atoms with Crippen LogP contribution in [0.25, 0.3) is 11.0 Å². The molecule has 3 aromatic rings. The number of pyridine rings is 1. The molecule has 2 aromatic heterocycles. The number of aromatic nitrogens is 3. The van der Waals surface area contributed by atoms with Gasteiger partial charge < -0.3 is 29.5 Å². The van der Waals surface area contributed by atoms with Crippen LogP contribution >= 0.6 is 23.5 Å². The van der Waals surface area contributed by atoms with Gasteiger partial charge in [0.15, 0.2) is 0 Å². The molecule has 12 nitrogen and oxygen atoms in total. The molecular formula is C36H46ClN7O5S. The highest BCUT2D eigenvalue weighted by Gasteiger charge is 2.53. The van der Waals surface area contributed by atoms with Gasteiger partial charge in [-0.05, 0) is 75.3 Å². The van der Waals surface area contributed by atoms with Crippen LogP contribution in [0.1, 0.15) is 69.7 Å². The number of halogens is 1. The molecule has 1 spiro atoms. The number of rotatable bonds is 17. The predicted molar refractivity (Wildman–Crippen MR) is 196 cm³/mol. The summed E-state index contributed by atoms with van der Waals surface area (Å²) in [6.07, 6.45) is 13.2. The van der Waals surface area contributed by atoms with E-state index in [2.05, 4.69) is 25.5 Å². The normalized spacial score (nSPS) is 15.7. The minimum atomic E-state index is -0.774. The van der Waals surface area contributed by atoms with Crippen LogP contribution in [-0.4, -0.2) is 87.1 Å². The fraction of sp³-hybridized carbons (Fsp3) is 0.528. The zero-order valence-corrected chi connectivity index (χ0v) is 30.1. The Morgan fingerprint density at radius 2 is 2.02 bits per heavy atom. The first-order valence-corrected chi connectivity index (χ1v) is 18.7. The van der Waals surface area contributed by atoms with Crippen LogP contribution in [0.3, 0.4) is 0 Å². The Bertz CT molecular complexity index is 1690. The van der Waals surface area contributed by atoms with Gasteiger partial charge in [0.2, 0.25) is 11.8 Å². The number of nitrogens with one attached hydrogen (secondary N) is 2. The Balaban J connectivity index is 1.14. The van der Waals surface area contributed by atoms with Gasteiger partial charge in [0.25, 0.3) is 0 Å². The first-order valence-electron chi connectivity index (χ1n) is 17.3. The molecule has 3 N–H and O–H groups in total. The number of aryl methyl sites for hydroxylation is 1. The summed E-state index contributed by atoms with van der Waals surface area (Å²) >= 11 is 7.70. The van der Waals surface area contributed by atoms with Crippen molar-refractivity contribution in [3.05, 3.63) is 53.1 Å². The number of aliphatic hydroxyl groups excluding tert-OH is 1. The van der Waals surface area contributed by atoms with E-state index < -0.39 is 11.5 Å². The van der Waals surface area contributed by atoms with Gasteiger partial charge in [-0.2, -0.15) is 0 Å². The molecule has 2 aliphatic heterocycles. The number of likely N-dealkylation sites (tertiary alicyclic amines) is 1. The van der Waals surface area contributed by atoms with Crippen LogP contribution in [0.15, 0.2) is 36.7 Å². The number of hydrogen-bond acceptors (Lipinski definition) is 9. The van der Waals surface area contributed by atoms with Crippen LogP contribution in [0, 0.1) is 12.3 Å². The van der Waals surface area contributed by atoms with Crippen molar-refractivity contribution in [3.8, 4) is 12.3 Å². The van der Waals surface area contributed by atoms with Crippen LogP contribution in [0.2, 0.25) is 5.02 Å². The minimum absolute atomic E-state index is 0.00421. The average Bonchev–Trinajstić information content (AvgIpc) is 3.56. The molecule has 0 radical (unpaired) electrons. The van der Waals surface area contributed by atoms with Crippen molar-refractivity contribution in [2.75, 3.05) is 43.4 Å². The Hall–Kier alpha value is -3.83. The molecule has 1 aromatic carbocycles. The van der Waals surface area contributed by atoms with E-state index >= 15 is 0 Å². The number of imidazole rings is 1. The molecule has 50 heavy (non-hydrogen) atoms. The molecule has 1 unspecified atom stereocenters. The third kappa shape index (κ3) is 8.90. The molecule has 0 bridgehead atoms. The van der Waals surface area contributed by atoms with Crippen molar-refractivity contribution in [2.24, 2.45) is 0 Å². The Kier molecular flexibility index (Phi) is 13.4. The number of ether oxygens (including phenoxy) is 1. The van der Waals surface area contributed by atoms with Crippen molar-refractivity contribution in [1.82, 2.24) is 29.5 Å². The Morgan fingerprint density at radius 3 is 2.80 bits per heavy atom. The number of fused-ring (bicyclic) bond motifs is 3. The molecule has 268 valence electrons. The van der Waals surface area contributed by atoms with Gasteiger partial charge in [0.1, 0.15) is 11.9 Å². The van der Waals surface area contributed by atoms with Crippen molar-refractivity contribution in [3.63, 3.8) is 0 Å². The highest BCUT2D eigenvalue weighted by atomic mass is 35.5. The topological polar surface area (TPSA) is 142 Å². The van der Waals surface area contributed by atoms with E-state index in [-0.39, 0.29) is 31.1 Å². The lowest BCUT2D eigenvalue weighted by Crippen LogP contribution is -2.50. The number of unbranched alkanes of at least 4 members (excludes halogenated alkanes) is 3. The maximum Gasteiger partial charge on any atom is 0.410 e. The number of nitrogens with zero attached hydrogens (tertiary/aromatic N) is 5. The summed E-state index contributed by atoms with van der Waals surface area (Å²) in [7, 11) is 0. The minimum Gasteiger partial charge on any atom is -0.445 e. The zero-order chi connectivity index (χ0) is 35.5. The quantitative estimate of drug-likeness (QED) is 0.102. The maximum atomic E-state index is 14.4. The third-order valence-electron chi connectivity index (χ3n) is 9.29.